The third kappa shape index (κ3) is 31.9. The Bertz CT molecular complexity index is 2070. The van der Waals surface area contributed by atoms with Gasteiger partial charge in [-0.1, -0.05) is 40.5 Å². The first-order valence-corrected chi connectivity index (χ1v) is 27.0. The average Bonchev–Trinajstić information content (AvgIpc) is 4.27. The van der Waals surface area contributed by atoms with Crippen LogP contribution in [0.25, 0.3) is 0 Å². The van der Waals surface area contributed by atoms with Gasteiger partial charge in [0.05, 0.1) is 5.92 Å². The number of esters is 4. The highest BCUT2D eigenvalue weighted by atomic mass is 16.6. The van der Waals surface area contributed by atoms with Gasteiger partial charge in [0.2, 0.25) is 29.9 Å². The van der Waals surface area contributed by atoms with Crippen LogP contribution in [0.3, 0.4) is 0 Å². The number of carbonyl (C=O) groups is 13. The third-order valence-electron chi connectivity index (χ3n) is 12.9. The van der Waals surface area contributed by atoms with Gasteiger partial charge in [-0.3, -0.25) is 48.2 Å². The van der Waals surface area contributed by atoms with E-state index < -0.39 is 114 Å². The van der Waals surface area contributed by atoms with Gasteiger partial charge in [-0.05, 0) is 110 Å². The van der Waals surface area contributed by atoms with E-state index in [1.165, 1.54) is 23.9 Å². The summed E-state index contributed by atoms with van der Waals surface area (Å²) in [6.07, 6.45) is 4.76. The van der Waals surface area contributed by atoms with Gasteiger partial charge in [0.1, 0.15) is 42.3 Å². The monoisotopic (exact) mass is 1180 g/mol. The predicted molar refractivity (Wildman–Crippen MR) is 286 cm³/mol. The van der Waals surface area contributed by atoms with Gasteiger partial charge in [-0.25, -0.2) is 24.0 Å². The second kappa shape index (κ2) is 39.5. The molecule has 4 fully saturated rings. The normalized spacial score (nSPS) is 19.5. The molecule has 31 nitrogen and oxygen atoms in total. The van der Waals surface area contributed by atoms with Crippen molar-refractivity contribution in [3.05, 3.63) is 0 Å². The zero-order valence-electron chi connectivity index (χ0n) is 47.5. The number of hydrogen-bond acceptors (Lipinski definition) is 22. The second-order valence-corrected chi connectivity index (χ2v) is 21.0. The molecule has 3 amide bonds. The summed E-state index contributed by atoms with van der Waals surface area (Å²) in [6.45, 7) is 8.34. The first-order chi connectivity index (χ1) is 38.2. The van der Waals surface area contributed by atoms with E-state index in [4.69, 9.17) is 52.5 Å². The Morgan fingerprint density at radius 3 is 1.30 bits per heavy atom. The van der Waals surface area contributed by atoms with Gasteiger partial charge < -0.3 is 83.7 Å². The molecule has 5 unspecified atom stereocenters. The zero-order chi connectivity index (χ0) is 63.0. The number of ether oxygens (including phenoxy) is 3. The van der Waals surface area contributed by atoms with Crippen LogP contribution in [-0.2, 0) is 76.5 Å². The van der Waals surface area contributed by atoms with Crippen LogP contribution in [0, 0.1) is 17.8 Å². The number of hydrogen-bond donors (Lipinski definition) is 13. The molecule has 4 aliphatic rings. The van der Waals surface area contributed by atoms with E-state index in [0.717, 1.165) is 64.5 Å². The number of nitrogens with two attached hydrogens (primary N) is 4. The van der Waals surface area contributed by atoms with Crippen LogP contribution in [-0.4, -0.2) is 213 Å². The number of primary amides is 2. The first kappa shape index (κ1) is 75.1. The number of aliphatic carboxylic acids is 6. The Hall–Kier alpha value is -6.93. The van der Waals surface area contributed by atoms with Crippen molar-refractivity contribution in [2.45, 2.75) is 185 Å². The predicted octanol–water partition coefficient (Wildman–Crippen LogP) is -1.82. The van der Waals surface area contributed by atoms with Gasteiger partial charge in [0.25, 0.3) is 0 Å². The highest BCUT2D eigenvalue weighted by Crippen LogP contribution is 2.24. The van der Waals surface area contributed by atoms with Crippen LogP contribution in [0.2, 0.25) is 0 Å². The molecule has 0 aromatic carbocycles. The lowest BCUT2D eigenvalue weighted by atomic mass is 10.0. The van der Waals surface area contributed by atoms with Gasteiger partial charge in [0.15, 0.2) is 0 Å². The highest BCUT2D eigenvalue weighted by Gasteiger charge is 2.37. The molecule has 0 bridgehead atoms. The van der Waals surface area contributed by atoms with Crippen LogP contribution in [0.1, 0.15) is 130 Å². The van der Waals surface area contributed by atoms with Crippen LogP contribution in [0.15, 0.2) is 0 Å². The molecule has 0 aromatic rings. The van der Waals surface area contributed by atoms with E-state index >= 15 is 0 Å². The molecular weight excluding hydrogens is 1090 g/mol. The molecule has 17 N–H and O–H groups in total. The summed E-state index contributed by atoms with van der Waals surface area (Å²) in [6, 6.07) is -5.84. The van der Waals surface area contributed by atoms with Gasteiger partial charge >= 0.3 is 59.7 Å². The third-order valence-corrected chi connectivity index (χ3v) is 12.9. The van der Waals surface area contributed by atoms with E-state index in [1.807, 2.05) is 27.7 Å². The maximum atomic E-state index is 12.7. The number of nitrogens with one attached hydrogen (secondary N) is 3. The molecule has 0 aromatic heterocycles. The Balaban J connectivity index is 0.00000115. The fourth-order valence-electron chi connectivity index (χ4n) is 8.21. The maximum absolute atomic E-state index is 12.7. The molecule has 4 rings (SSSR count). The number of carbonyl (C=O) groups excluding carboxylic acids is 7. The molecular formula is C51H87N9O22. The molecule has 82 heavy (non-hydrogen) atoms. The Morgan fingerprint density at radius 2 is 0.976 bits per heavy atom. The molecule has 31 heteroatoms. The van der Waals surface area contributed by atoms with E-state index in [9.17, 15) is 77.6 Å². The number of carboxylic acids is 6. The quantitative estimate of drug-likeness (QED) is 0.0233. The lowest BCUT2D eigenvalue weighted by molar-refractivity contribution is -0.170. The summed E-state index contributed by atoms with van der Waals surface area (Å²) in [7, 11) is 2.87. The summed E-state index contributed by atoms with van der Waals surface area (Å²) < 4.78 is 14.8. The van der Waals surface area contributed by atoms with Crippen molar-refractivity contribution in [3.63, 3.8) is 0 Å². The SMILES string of the molecule is CC(C)C[C@@H](C(=O)O)N(C)C[C@H](OC(=O)C(N)CCC(N)=O)C(=O)O.CC(C)C[C@@H](C(=O)OC(=O)C(N)CCC(N)=O)N(C)C[C@H](OC(=O)C1CCC(=O)N1)C(=O)O.O=C(O)C1CCCC1.O=C(O)C1CCCN1.O=C(O)C1CCCN1. The molecule has 3 saturated heterocycles. The summed E-state index contributed by atoms with van der Waals surface area (Å²) in [4.78, 5) is 149. The topological polar surface area (TPSA) is 518 Å². The van der Waals surface area contributed by atoms with Crippen LogP contribution < -0.4 is 38.9 Å². The van der Waals surface area contributed by atoms with Gasteiger partial charge in [-0.2, -0.15) is 0 Å². The first-order valence-electron chi connectivity index (χ1n) is 27.0. The standard InChI is InChI=1S/C20H32N4O9.C15H27N3O7.C6H10O2.2C5H9NO2/c1-10(2)8-13(20(31)33-18(29)11(21)4-6-15(22)25)24(3)9-14(17(27)28)32-19(30)12-5-7-16(26)23-12;1-8(2)6-10(13(20)21)18(3)7-11(14(22)23)25-15(24)9(16)4-5-12(17)19;7-6(8)5-3-1-2-4-5;2*7-5(8)4-2-1-3-6-4/h10-14H,4-9,21H2,1-3H3,(H2,22,25)(H,23,26)(H,27,28);8-11H,4-7,16H2,1-3H3,(H2,17,19)(H,20,21)(H,22,23);5H,1-4H2,(H,7,8);2*4,6H,1-3H2,(H,7,8)/t11?,12?,13-,14-;9?,10-,11-;;;/m00.../s1. The number of likely N-dealkylation sites (N-methyl/N-ethyl adjacent to an activating group) is 2. The highest BCUT2D eigenvalue weighted by molar-refractivity contribution is 5.91. The van der Waals surface area contributed by atoms with Crippen molar-refractivity contribution >= 4 is 77.4 Å². The average molecular weight is 1180 g/mol. The zero-order valence-corrected chi connectivity index (χ0v) is 47.5. The van der Waals surface area contributed by atoms with Crippen molar-refractivity contribution in [1.29, 1.82) is 0 Å². The minimum absolute atomic E-state index is 0.0185. The Labute approximate surface area is 475 Å². The molecule has 1 saturated carbocycles. The molecule has 3 aliphatic heterocycles. The van der Waals surface area contributed by atoms with E-state index in [-0.39, 0.29) is 93.8 Å². The van der Waals surface area contributed by atoms with Crippen molar-refractivity contribution in [2.75, 3.05) is 40.3 Å². The number of nitrogens with zero attached hydrogens (tertiary/aromatic N) is 2. The number of carboxylic acid groups (broad SMARTS) is 6. The fourth-order valence-corrected chi connectivity index (χ4v) is 8.21. The van der Waals surface area contributed by atoms with Crippen molar-refractivity contribution in [1.82, 2.24) is 25.8 Å². The molecule has 0 spiro atoms. The van der Waals surface area contributed by atoms with Crippen LogP contribution in [0.5, 0.6) is 0 Å². The summed E-state index contributed by atoms with van der Waals surface area (Å²) in [5.74, 6) is -11.5. The molecule has 468 valence electrons. The lowest BCUT2D eigenvalue weighted by Gasteiger charge is -2.29. The van der Waals surface area contributed by atoms with Crippen LogP contribution in [0.4, 0.5) is 0 Å². The lowest BCUT2D eigenvalue weighted by Crippen LogP contribution is -2.49. The molecule has 1 aliphatic carbocycles. The molecule has 0 radical (unpaired) electrons. The van der Waals surface area contributed by atoms with Gasteiger partial charge in [-0.15, -0.1) is 0 Å². The van der Waals surface area contributed by atoms with E-state index in [2.05, 4.69) is 16.0 Å². The minimum atomic E-state index is -1.63. The summed E-state index contributed by atoms with van der Waals surface area (Å²) in [5, 5.41) is 61.2. The van der Waals surface area contributed by atoms with Crippen molar-refractivity contribution in [2.24, 2.45) is 40.7 Å². The number of rotatable bonds is 28. The van der Waals surface area contributed by atoms with Crippen molar-refractivity contribution in [3.8, 4) is 0 Å². The molecule has 9 atom stereocenters. The van der Waals surface area contributed by atoms with E-state index in [1.54, 1.807) is 0 Å². The Morgan fingerprint density at radius 1 is 0.549 bits per heavy atom. The van der Waals surface area contributed by atoms with Crippen LogP contribution >= 0.6 is 0 Å². The Kier molecular flexibility index (Phi) is 36.2. The maximum Gasteiger partial charge on any atom is 0.346 e. The van der Waals surface area contributed by atoms with E-state index in [0.29, 0.717) is 6.42 Å². The fraction of sp³-hybridized carbons (Fsp3) is 0.745. The van der Waals surface area contributed by atoms with Gasteiger partial charge in [0, 0.05) is 32.4 Å². The smallest absolute Gasteiger partial charge is 0.346 e. The number of amides is 3. The molecule has 3 heterocycles. The largest absolute Gasteiger partial charge is 0.481 e. The summed E-state index contributed by atoms with van der Waals surface area (Å²) >= 11 is 0. The summed E-state index contributed by atoms with van der Waals surface area (Å²) in [5.41, 5.74) is 21.1. The minimum Gasteiger partial charge on any atom is -0.481 e. The second-order valence-electron chi connectivity index (χ2n) is 21.0. The van der Waals surface area contributed by atoms with Crippen molar-refractivity contribution < 1.29 is 107 Å².